The number of rotatable bonds is 11. The Balaban J connectivity index is 1.57. The molecule has 4 aromatic heterocycles. The van der Waals surface area contributed by atoms with Gasteiger partial charge in [0.15, 0.2) is 11.4 Å². The van der Waals surface area contributed by atoms with Gasteiger partial charge in [-0.15, -0.1) is 0 Å². The van der Waals surface area contributed by atoms with Gasteiger partial charge in [0.1, 0.15) is 34.5 Å². The number of hydrogen-bond donors (Lipinski definition) is 3. The summed E-state index contributed by atoms with van der Waals surface area (Å²) in [5, 5.41) is 14.1. The lowest BCUT2D eigenvalue weighted by Crippen LogP contribution is -2.23. The molecule has 0 aliphatic heterocycles. The molecule has 0 aromatic carbocycles. The van der Waals surface area contributed by atoms with Crippen LogP contribution in [0.2, 0.25) is 30.7 Å². The van der Waals surface area contributed by atoms with Crippen molar-refractivity contribution >= 4 is 54.0 Å². The highest BCUT2D eigenvalue weighted by Gasteiger charge is 2.32. The maximum Gasteiger partial charge on any atom is 0.417 e. The molecule has 230 valence electrons. The summed E-state index contributed by atoms with van der Waals surface area (Å²) in [6, 6.07) is 3.39. The van der Waals surface area contributed by atoms with E-state index >= 15 is 0 Å². The molecular weight excluding hydrogens is 605 g/mol. The minimum Gasteiger partial charge on any atom is -0.452 e. The highest BCUT2D eigenvalue weighted by atomic mass is 35.5. The number of pyridine rings is 3. The number of alkyl halides is 3. The molecule has 0 radical (unpaired) electrons. The first-order valence-corrected chi connectivity index (χ1v) is 17.2. The number of aryl methyl sites for hydroxylation is 2. The van der Waals surface area contributed by atoms with E-state index in [9.17, 15) is 18.0 Å². The Labute approximate surface area is 251 Å². The van der Waals surface area contributed by atoms with Crippen molar-refractivity contribution in [3.05, 3.63) is 57.2 Å². The standard InChI is InChI=1S/C27H32ClF3N8O3Si/c1-15(32)18-10-17(11-33-23(18)35-14-41-7-8-43(4,5)6)42-20-12-34-24-22(21(20)28)39(3)26(37-24)36-19-9-16(27(29,30)31)13-38(2)25(19)40/h9-13,32H,7-8,14H2,1-6H3,(H,33,35)(H,34,36,37). The van der Waals surface area contributed by atoms with Gasteiger partial charge in [0.25, 0.3) is 5.56 Å². The second kappa shape index (κ2) is 12.3. The molecule has 0 aliphatic carbocycles. The highest BCUT2D eigenvalue weighted by Crippen LogP contribution is 2.36. The maximum absolute atomic E-state index is 13.3. The molecular formula is C27H32ClF3N8O3Si. The maximum atomic E-state index is 13.3. The first-order chi connectivity index (χ1) is 20.0. The zero-order valence-electron chi connectivity index (χ0n) is 24.5. The molecule has 0 atom stereocenters. The Hall–Kier alpha value is -3.95. The van der Waals surface area contributed by atoms with Gasteiger partial charge in [-0.3, -0.25) is 4.79 Å². The summed E-state index contributed by atoms with van der Waals surface area (Å²) >= 11 is 6.66. The van der Waals surface area contributed by atoms with Crippen LogP contribution in [-0.2, 0) is 25.0 Å². The molecule has 4 aromatic rings. The molecule has 0 saturated carbocycles. The van der Waals surface area contributed by atoms with Gasteiger partial charge in [0.2, 0.25) is 5.95 Å². The predicted octanol–water partition coefficient (Wildman–Crippen LogP) is 6.38. The van der Waals surface area contributed by atoms with Crippen LogP contribution in [0.1, 0.15) is 18.1 Å². The van der Waals surface area contributed by atoms with Gasteiger partial charge >= 0.3 is 6.18 Å². The molecule has 0 aliphatic rings. The van der Waals surface area contributed by atoms with Crippen molar-refractivity contribution in [2.75, 3.05) is 24.0 Å². The number of anilines is 3. The third kappa shape index (κ3) is 7.53. The number of imidazole rings is 1. The summed E-state index contributed by atoms with van der Waals surface area (Å²) in [4.78, 5) is 25.5. The molecule has 11 nitrogen and oxygen atoms in total. The Morgan fingerprint density at radius 3 is 2.53 bits per heavy atom. The van der Waals surface area contributed by atoms with E-state index in [0.29, 0.717) is 29.3 Å². The lowest BCUT2D eigenvalue weighted by atomic mass is 10.1. The first-order valence-electron chi connectivity index (χ1n) is 13.2. The van der Waals surface area contributed by atoms with Crippen LogP contribution in [0.25, 0.3) is 11.2 Å². The predicted molar refractivity (Wildman–Crippen MR) is 163 cm³/mol. The summed E-state index contributed by atoms with van der Waals surface area (Å²) in [5.74, 6) is 0.965. The van der Waals surface area contributed by atoms with Gasteiger partial charge in [-0.1, -0.05) is 31.2 Å². The zero-order chi connectivity index (χ0) is 31.7. The fraction of sp³-hybridized carbons (Fsp3) is 0.370. The quantitative estimate of drug-likeness (QED) is 0.0748. The summed E-state index contributed by atoms with van der Waals surface area (Å²) in [7, 11) is 1.59. The van der Waals surface area contributed by atoms with E-state index in [1.807, 2.05) is 0 Å². The van der Waals surface area contributed by atoms with Gasteiger partial charge < -0.3 is 34.7 Å². The van der Waals surface area contributed by atoms with E-state index in [-0.39, 0.29) is 40.5 Å². The number of hydrogen-bond acceptors (Lipinski definition) is 9. The number of aromatic nitrogens is 5. The number of halogens is 4. The summed E-state index contributed by atoms with van der Waals surface area (Å²) < 4.78 is 53.9. The van der Waals surface area contributed by atoms with Gasteiger partial charge in [0.05, 0.1) is 18.0 Å². The molecule has 0 spiro atoms. The van der Waals surface area contributed by atoms with Gasteiger partial charge in [-0.2, -0.15) is 18.2 Å². The molecule has 0 bridgehead atoms. The van der Waals surface area contributed by atoms with E-state index in [1.165, 1.54) is 24.0 Å². The Morgan fingerprint density at radius 2 is 1.88 bits per heavy atom. The average Bonchev–Trinajstić information content (AvgIpc) is 3.22. The van der Waals surface area contributed by atoms with Crippen molar-refractivity contribution < 1.29 is 22.6 Å². The summed E-state index contributed by atoms with van der Waals surface area (Å²) in [5.41, 5.74) is -0.740. The van der Waals surface area contributed by atoms with Crippen LogP contribution in [0, 0.1) is 5.41 Å². The van der Waals surface area contributed by atoms with Crippen LogP contribution in [0.15, 0.2) is 35.5 Å². The molecule has 0 unspecified atom stereocenters. The van der Waals surface area contributed by atoms with Gasteiger partial charge in [-0.25, -0.2) is 9.97 Å². The van der Waals surface area contributed by atoms with Crippen LogP contribution >= 0.6 is 11.6 Å². The molecule has 3 N–H and O–H groups in total. The normalized spacial score (nSPS) is 12.0. The Morgan fingerprint density at radius 1 is 1.16 bits per heavy atom. The summed E-state index contributed by atoms with van der Waals surface area (Å²) in [6.45, 7) is 9.32. The van der Waals surface area contributed by atoms with Crippen LogP contribution in [0.5, 0.6) is 11.5 Å². The molecule has 0 amide bonds. The Kier molecular flexibility index (Phi) is 9.18. The third-order valence-corrected chi connectivity index (χ3v) is 8.46. The smallest absolute Gasteiger partial charge is 0.417 e. The van der Waals surface area contributed by atoms with Crippen molar-refractivity contribution in [3.8, 4) is 11.5 Å². The van der Waals surface area contributed by atoms with Gasteiger partial charge in [0, 0.05) is 46.2 Å². The molecule has 0 fully saturated rings. The third-order valence-electron chi connectivity index (χ3n) is 6.39. The largest absolute Gasteiger partial charge is 0.452 e. The van der Waals surface area contributed by atoms with Crippen molar-refractivity contribution in [2.24, 2.45) is 14.1 Å². The zero-order valence-corrected chi connectivity index (χ0v) is 26.2. The molecule has 43 heavy (non-hydrogen) atoms. The lowest BCUT2D eigenvalue weighted by molar-refractivity contribution is -0.138. The number of nitrogens with one attached hydrogen (secondary N) is 3. The second-order valence-corrected chi connectivity index (χ2v) is 17.1. The molecule has 0 saturated heterocycles. The molecule has 16 heteroatoms. The van der Waals surface area contributed by atoms with E-state index in [2.05, 4.69) is 45.2 Å². The van der Waals surface area contributed by atoms with E-state index in [1.54, 1.807) is 20.0 Å². The number of fused-ring (bicyclic) bond motifs is 1. The van der Waals surface area contributed by atoms with Gasteiger partial charge in [-0.05, 0) is 25.1 Å². The minimum atomic E-state index is -4.65. The van der Waals surface area contributed by atoms with Crippen LogP contribution < -0.4 is 20.9 Å². The number of ether oxygens (including phenoxy) is 2. The second-order valence-electron chi connectivity index (χ2n) is 11.1. The minimum absolute atomic E-state index is 0.0452. The highest BCUT2D eigenvalue weighted by molar-refractivity contribution is 6.76. The average molecular weight is 637 g/mol. The van der Waals surface area contributed by atoms with Crippen LogP contribution in [0.3, 0.4) is 0 Å². The fourth-order valence-electron chi connectivity index (χ4n) is 4.00. The SMILES string of the molecule is CC(=N)c1cc(Oc2cnc3nc(Nc4cc(C(F)(F)F)cn(C)c4=O)n(C)c3c2Cl)cnc1NCOCC[Si](C)(C)C. The van der Waals surface area contributed by atoms with Crippen LogP contribution in [-0.4, -0.2) is 51.2 Å². The summed E-state index contributed by atoms with van der Waals surface area (Å²) in [6.07, 6.45) is -1.11. The monoisotopic (exact) mass is 636 g/mol. The van der Waals surface area contributed by atoms with E-state index < -0.39 is 25.4 Å². The topological polar surface area (TPSA) is 132 Å². The number of nitrogens with zero attached hydrogens (tertiary/aromatic N) is 5. The Bertz CT molecular complexity index is 1730. The lowest BCUT2D eigenvalue weighted by Gasteiger charge is -2.16. The van der Waals surface area contributed by atoms with Crippen molar-refractivity contribution in [1.29, 1.82) is 5.41 Å². The van der Waals surface area contributed by atoms with E-state index in [0.717, 1.165) is 22.9 Å². The van der Waals surface area contributed by atoms with Crippen molar-refractivity contribution in [2.45, 2.75) is 38.8 Å². The fourth-order valence-corrected chi connectivity index (χ4v) is 5.05. The molecule has 4 rings (SSSR count). The van der Waals surface area contributed by atoms with Crippen LogP contribution in [0.4, 0.5) is 30.6 Å². The van der Waals surface area contributed by atoms with E-state index in [4.69, 9.17) is 26.5 Å². The van der Waals surface area contributed by atoms with Crippen molar-refractivity contribution in [3.63, 3.8) is 0 Å². The molecule has 4 heterocycles. The first kappa shape index (κ1) is 32.0. The van der Waals surface area contributed by atoms with Crippen molar-refractivity contribution in [1.82, 2.24) is 24.1 Å².